The van der Waals surface area contributed by atoms with E-state index in [1.807, 2.05) is 32.3 Å². The predicted octanol–water partition coefficient (Wildman–Crippen LogP) is 4.16. The summed E-state index contributed by atoms with van der Waals surface area (Å²) >= 11 is 0. The lowest BCUT2D eigenvalue weighted by Crippen LogP contribution is -2.41. The summed E-state index contributed by atoms with van der Waals surface area (Å²) < 4.78 is 6.75. The van der Waals surface area contributed by atoms with Crippen molar-refractivity contribution in [2.24, 2.45) is 11.8 Å². The number of carbonyl (C=O) groups is 3. The van der Waals surface area contributed by atoms with Crippen LogP contribution in [0.15, 0.2) is 0 Å². The Hall–Kier alpha value is -2.11. The van der Waals surface area contributed by atoms with Crippen LogP contribution in [0.3, 0.4) is 0 Å². The fourth-order valence-corrected chi connectivity index (χ4v) is 4.59. The van der Waals surface area contributed by atoms with Gasteiger partial charge in [-0.25, -0.2) is 4.79 Å². The first kappa shape index (κ1) is 23.2. The third kappa shape index (κ3) is 5.09. The standard InChI is InChI=1S/C23H36N2O4/c1-7-25-17(5)20(16(4)21(25)23(28)29-6)19(26)14-24(22(27)15(2)3)13-18-11-9-8-10-12-18/h15,18H,7-14H2,1-6H3. The maximum absolute atomic E-state index is 13.3. The molecule has 2 rings (SSSR count). The average Bonchev–Trinajstić information content (AvgIpc) is 2.96. The highest BCUT2D eigenvalue weighted by Gasteiger charge is 2.30. The molecule has 1 aliphatic carbocycles. The van der Waals surface area contributed by atoms with E-state index < -0.39 is 5.97 Å². The summed E-state index contributed by atoms with van der Waals surface area (Å²) in [5.41, 5.74) is 2.35. The van der Waals surface area contributed by atoms with Crippen LogP contribution in [0.5, 0.6) is 0 Å². The lowest BCUT2D eigenvalue weighted by molar-refractivity contribution is -0.134. The minimum Gasteiger partial charge on any atom is -0.464 e. The number of hydrogen-bond acceptors (Lipinski definition) is 4. The van der Waals surface area contributed by atoms with Gasteiger partial charge in [0.05, 0.1) is 13.7 Å². The Morgan fingerprint density at radius 2 is 1.76 bits per heavy atom. The van der Waals surface area contributed by atoms with E-state index in [9.17, 15) is 14.4 Å². The summed E-state index contributed by atoms with van der Waals surface area (Å²) in [6.45, 7) is 10.6. The smallest absolute Gasteiger partial charge is 0.354 e. The molecule has 0 spiro atoms. The zero-order chi connectivity index (χ0) is 21.7. The Morgan fingerprint density at radius 1 is 1.14 bits per heavy atom. The molecule has 6 heteroatoms. The van der Waals surface area contributed by atoms with Gasteiger partial charge in [-0.15, -0.1) is 0 Å². The third-order valence-electron chi connectivity index (χ3n) is 6.08. The molecule has 162 valence electrons. The average molecular weight is 405 g/mol. The minimum absolute atomic E-state index is 0.0161. The normalized spacial score (nSPS) is 14.9. The first-order valence-corrected chi connectivity index (χ1v) is 10.8. The molecule has 1 aliphatic rings. The van der Waals surface area contributed by atoms with Crippen LogP contribution >= 0.6 is 0 Å². The number of esters is 1. The zero-order valence-corrected chi connectivity index (χ0v) is 18.8. The largest absolute Gasteiger partial charge is 0.464 e. The van der Waals surface area contributed by atoms with Crippen LogP contribution in [-0.2, 0) is 16.1 Å². The number of nitrogens with zero attached hydrogens (tertiary/aromatic N) is 2. The molecule has 1 saturated carbocycles. The molecule has 0 saturated heterocycles. The molecule has 29 heavy (non-hydrogen) atoms. The number of methoxy groups -OCH3 is 1. The van der Waals surface area contributed by atoms with Crippen molar-refractivity contribution in [3.05, 3.63) is 22.5 Å². The zero-order valence-electron chi connectivity index (χ0n) is 18.8. The van der Waals surface area contributed by atoms with E-state index in [-0.39, 0.29) is 24.2 Å². The highest BCUT2D eigenvalue weighted by Crippen LogP contribution is 2.27. The topological polar surface area (TPSA) is 68.6 Å². The van der Waals surface area contributed by atoms with Crippen LogP contribution in [0.1, 0.15) is 85.0 Å². The molecule has 0 bridgehead atoms. The Kier molecular flexibility index (Phi) is 8.05. The molecular formula is C23H36N2O4. The summed E-state index contributed by atoms with van der Waals surface area (Å²) in [5.74, 6) is -0.222. The van der Waals surface area contributed by atoms with Gasteiger partial charge in [0, 0.05) is 30.3 Å². The number of Topliss-reactive ketones (excluding diaryl/α,β-unsaturated/α-hetero) is 1. The molecule has 1 aromatic rings. The number of amides is 1. The molecule has 0 radical (unpaired) electrons. The van der Waals surface area contributed by atoms with Gasteiger partial charge < -0.3 is 14.2 Å². The van der Waals surface area contributed by atoms with Crippen LogP contribution in [0.25, 0.3) is 0 Å². The van der Waals surface area contributed by atoms with Crippen molar-refractivity contribution in [1.82, 2.24) is 9.47 Å². The molecule has 6 nitrogen and oxygen atoms in total. The van der Waals surface area contributed by atoms with E-state index in [2.05, 4.69) is 0 Å². The van der Waals surface area contributed by atoms with Crippen molar-refractivity contribution >= 4 is 17.7 Å². The second kappa shape index (κ2) is 10.1. The van der Waals surface area contributed by atoms with Crippen molar-refractivity contribution in [1.29, 1.82) is 0 Å². The third-order valence-corrected chi connectivity index (χ3v) is 6.08. The van der Waals surface area contributed by atoms with Gasteiger partial charge in [-0.1, -0.05) is 33.1 Å². The SMILES string of the molecule is CCn1c(C)c(C(=O)CN(CC2CCCCC2)C(=O)C(C)C)c(C)c1C(=O)OC. The maximum Gasteiger partial charge on any atom is 0.354 e. The second-order valence-corrected chi connectivity index (χ2v) is 8.47. The fraction of sp³-hybridized carbons (Fsp3) is 0.696. The van der Waals surface area contributed by atoms with Gasteiger partial charge in [-0.3, -0.25) is 9.59 Å². The number of aromatic nitrogens is 1. The first-order valence-electron chi connectivity index (χ1n) is 10.8. The quantitative estimate of drug-likeness (QED) is 0.482. The van der Waals surface area contributed by atoms with Crippen molar-refractivity contribution in [2.45, 2.75) is 73.3 Å². The van der Waals surface area contributed by atoms with Gasteiger partial charge in [0.1, 0.15) is 5.69 Å². The number of ether oxygens (including phenoxy) is 1. The van der Waals surface area contributed by atoms with Crippen molar-refractivity contribution in [2.75, 3.05) is 20.2 Å². The monoisotopic (exact) mass is 404 g/mol. The second-order valence-electron chi connectivity index (χ2n) is 8.47. The molecule has 1 amide bonds. The highest BCUT2D eigenvalue weighted by molar-refractivity contribution is 6.04. The summed E-state index contributed by atoms with van der Waals surface area (Å²) in [6, 6.07) is 0. The van der Waals surface area contributed by atoms with Crippen LogP contribution in [0.4, 0.5) is 0 Å². The number of ketones is 1. The van der Waals surface area contributed by atoms with Gasteiger partial charge >= 0.3 is 5.97 Å². The van der Waals surface area contributed by atoms with E-state index in [1.165, 1.54) is 26.4 Å². The Morgan fingerprint density at radius 3 is 2.28 bits per heavy atom. The summed E-state index contributed by atoms with van der Waals surface area (Å²) in [6.07, 6.45) is 5.89. The lowest BCUT2D eigenvalue weighted by Gasteiger charge is -2.30. The van der Waals surface area contributed by atoms with Crippen molar-refractivity contribution in [3.63, 3.8) is 0 Å². The molecule has 1 fully saturated rings. The van der Waals surface area contributed by atoms with E-state index in [0.717, 1.165) is 18.5 Å². The van der Waals surface area contributed by atoms with Gasteiger partial charge in [-0.05, 0) is 45.1 Å². The Labute approximate surface area is 174 Å². The minimum atomic E-state index is -0.441. The maximum atomic E-state index is 13.3. The fourth-order valence-electron chi connectivity index (χ4n) is 4.59. The van der Waals surface area contributed by atoms with Crippen LogP contribution in [-0.4, -0.2) is 47.3 Å². The van der Waals surface area contributed by atoms with E-state index in [0.29, 0.717) is 35.8 Å². The van der Waals surface area contributed by atoms with Crippen molar-refractivity contribution < 1.29 is 19.1 Å². The lowest BCUT2D eigenvalue weighted by atomic mass is 9.88. The predicted molar refractivity (Wildman–Crippen MR) is 113 cm³/mol. The Balaban J connectivity index is 2.32. The summed E-state index contributed by atoms with van der Waals surface area (Å²) in [5, 5.41) is 0. The Bertz CT molecular complexity index is 757. The number of hydrogen-bond donors (Lipinski definition) is 0. The molecule has 0 unspecified atom stereocenters. The molecular weight excluding hydrogens is 368 g/mol. The first-order chi connectivity index (χ1) is 13.7. The van der Waals surface area contributed by atoms with Crippen LogP contribution < -0.4 is 0 Å². The number of carbonyl (C=O) groups excluding carboxylic acids is 3. The van der Waals surface area contributed by atoms with E-state index in [4.69, 9.17) is 4.74 Å². The summed E-state index contributed by atoms with van der Waals surface area (Å²) in [4.78, 5) is 40.1. The van der Waals surface area contributed by atoms with E-state index in [1.54, 1.807) is 11.8 Å². The molecule has 0 atom stereocenters. The highest BCUT2D eigenvalue weighted by atomic mass is 16.5. The van der Waals surface area contributed by atoms with Gasteiger partial charge in [-0.2, -0.15) is 0 Å². The van der Waals surface area contributed by atoms with Crippen LogP contribution in [0, 0.1) is 25.7 Å². The molecule has 0 N–H and O–H groups in total. The van der Waals surface area contributed by atoms with Gasteiger partial charge in [0.15, 0.2) is 5.78 Å². The summed E-state index contributed by atoms with van der Waals surface area (Å²) in [7, 11) is 1.35. The van der Waals surface area contributed by atoms with Crippen LogP contribution in [0.2, 0.25) is 0 Å². The molecule has 0 aromatic carbocycles. The van der Waals surface area contributed by atoms with Gasteiger partial charge in [0.2, 0.25) is 5.91 Å². The molecule has 1 aromatic heterocycles. The molecule has 1 heterocycles. The van der Waals surface area contributed by atoms with Gasteiger partial charge in [0.25, 0.3) is 0 Å². The van der Waals surface area contributed by atoms with E-state index >= 15 is 0 Å². The number of rotatable bonds is 8. The molecule has 0 aliphatic heterocycles. The van der Waals surface area contributed by atoms with Crippen molar-refractivity contribution in [3.8, 4) is 0 Å².